The Bertz CT molecular complexity index is 355. The molecule has 6 heteroatoms. The Morgan fingerprint density at radius 3 is 2.37 bits per heavy atom. The summed E-state index contributed by atoms with van der Waals surface area (Å²) < 4.78 is 0. The van der Waals surface area contributed by atoms with E-state index in [0.29, 0.717) is 25.3 Å². The van der Waals surface area contributed by atoms with Crippen LogP contribution >= 0.6 is 0 Å². The van der Waals surface area contributed by atoms with Gasteiger partial charge in [0, 0.05) is 6.54 Å². The van der Waals surface area contributed by atoms with E-state index in [2.05, 4.69) is 10.6 Å². The number of carbonyl (C=O) groups is 3. The summed E-state index contributed by atoms with van der Waals surface area (Å²) in [5.74, 6) is -2.27. The van der Waals surface area contributed by atoms with Gasteiger partial charge in [-0.3, -0.25) is 14.4 Å². The lowest BCUT2D eigenvalue weighted by Crippen LogP contribution is -2.42. The Kier molecular flexibility index (Phi) is 5.79. The van der Waals surface area contributed by atoms with Gasteiger partial charge >= 0.3 is 5.97 Å². The fraction of sp³-hybridized carbons (Fsp3) is 0.769. The maximum Gasteiger partial charge on any atom is 0.307 e. The average Bonchev–Trinajstić information content (AvgIpc) is 2.82. The van der Waals surface area contributed by atoms with Crippen LogP contribution in [0.4, 0.5) is 0 Å². The second-order valence-corrected chi connectivity index (χ2v) is 5.40. The van der Waals surface area contributed by atoms with Crippen molar-refractivity contribution in [3.8, 4) is 0 Å². The highest BCUT2D eigenvalue weighted by Gasteiger charge is 2.37. The quantitative estimate of drug-likeness (QED) is 0.650. The largest absolute Gasteiger partial charge is 0.481 e. The summed E-state index contributed by atoms with van der Waals surface area (Å²) in [6.45, 7) is 4.44. The van der Waals surface area contributed by atoms with Crippen LogP contribution < -0.4 is 10.6 Å². The predicted octanol–water partition coefficient (Wildman–Crippen LogP) is 0.376. The maximum atomic E-state index is 11.8. The molecular formula is C13H22N2O4. The van der Waals surface area contributed by atoms with E-state index in [-0.39, 0.29) is 18.4 Å². The van der Waals surface area contributed by atoms with Crippen molar-refractivity contribution < 1.29 is 19.5 Å². The van der Waals surface area contributed by atoms with Gasteiger partial charge in [-0.05, 0) is 18.8 Å². The number of aliphatic carboxylic acids is 1. The number of carboxylic acids is 1. The molecule has 1 saturated carbocycles. The molecule has 0 aromatic rings. The molecular weight excluding hydrogens is 248 g/mol. The predicted molar refractivity (Wildman–Crippen MR) is 69.3 cm³/mol. The first-order valence-corrected chi connectivity index (χ1v) is 6.69. The minimum absolute atomic E-state index is 0.0889. The van der Waals surface area contributed by atoms with Crippen molar-refractivity contribution in [1.29, 1.82) is 0 Å². The van der Waals surface area contributed by atoms with Gasteiger partial charge in [-0.1, -0.05) is 20.3 Å². The summed E-state index contributed by atoms with van der Waals surface area (Å²) in [5, 5.41) is 14.2. The van der Waals surface area contributed by atoms with Crippen LogP contribution in [0.3, 0.4) is 0 Å². The third-order valence-electron chi connectivity index (χ3n) is 3.30. The van der Waals surface area contributed by atoms with Gasteiger partial charge in [-0.2, -0.15) is 0 Å². The molecule has 2 amide bonds. The van der Waals surface area contributed by atoms with Gasteiger partial charge in [-0.25, -0.2) is 0 Å². The zero-order chi connectivity index (χ0) is 14.4. The highest BCUT2D eigenvalue weighted by Crippen LogP contribution is 2.31. The second-order valence-electron chi connectivity index (χ2n) is 5.40. The molecule has 0 saturated heterocycles. The lowest BCUT2D eigenvalue weighted by atomic mass is 9.95. The Morgan fingerprint density at radius 1 is 1.16 bits per heavy atom. The average molecular weight is 270 g/mol. The van der Waals surface area contributed by atoms with E-state index in [0.717, 1.165) is 6.42 Å². The molecule has 6 nitrogen and oxygen atoms in total. The van der Waals surface area contributed by atoms with Gasteiger partial charge in [0.25, 0.3) is 0 Å². The number of carbonyl (C=O) groups excluding carboxylic acids is 2. The first-order valence-electron chi connectivity index (χ1n) is 6.69. The van der Waals surface area contributed by atoms with Crippen molar-refractivity contribution in [2.45, 2.75) is 33.1 Å². The summed E-state index contributed by atoms with van der Waals surface area (Å²) in [5.41, 5.74) is 0. The Morgan fingerprint density at radius 2 is 1.79 bits per heavy atom. The summed E-state index contributed by atoms with van der Waals surface area (Å²) in [6, 6.07) is 0. The maximum absolute atomic E-state index is 11.8. The first-order chi connectivity index (χ1) is 8.91. The molecule has 0 radical (unpaired) electrons. The molecule has 1 aliphatic rings. The third kappa shape index (κ3) is 4.89. The van der Waals surface area contributed by atoms with E-state index < -0.39 is 17.8 Å². The minimum atomic E-state index is -0.929. The highest BCUT2D eigenvalue weighted by atomic mass is 16.4. The number of hydrogen-bond donors (Lipinski definition) is 3. The zero-order valence-corrected chi connectivity index (χ0v) is 11.4. The lowest BCUT2D eigenvalue weighted by molar-refractivity contribution is -0.146. The van der Waals surface area contributed by atoms with Crippen LogP contribution in [0.2, 0.25) is 0 Å². The minimum Gasteiger partial charge on any atom is -0.481 e. The molecule has 108 valence electrons. The smallest absolute Gasteiger partial charge is 0.307 e. The summed E-state index contributed by atoms with van der Waals surface area (Å²) in [6.07, 6.45) is 1.86. The molecule has 0 aliphatic heterocycles. The molecule has 1 rings (SSSR count). The third-order valence-corrected chi connectivity index (χ3v) is 3.30. The summed E-state index contributed by atoms with van der Waals surface area (Å²) >= 11 is 0. The van der Waals surface area contributed by atoms with Crippen molar-refractivity contribution >= 4 is 17.8 Å². The fourth-order valence-electron chi connectivity index (χ4n) is 2.25. The molecule has 1 aliphatic carbocycles. The SMILES string of the molecule is CC(C)CNC(=O)CNC(=O)[C@@H]1CCC[C@@H]1C(=O)O. The van der Waals surface area contributed by atoms with Gasteiger partial charge in [0.05, 0.1) is 18.4 Å². The molecule has 2 atom stereocenters. The zero-order valence-electron chi connectivity index (χ0n) is 11.4. The molecule has 0 unspecified atom stereocenters. The summed E-state index contributed by atoms with van der Waals surface area (Å²) in [4.78, 5) is 34.3. The number of rotatable bonds is 6. The van der Waals surface area contributed by atoms with E-state index in [1.807, 2.05) is 13.8 Å². The van der Waals surface area contributed by atoms with Crippen LogP contribution in [-0.2, 0) is 14.4 Å². The number of amides is 2. The van der Waals surface area contributed by atoms with Crippen molar-refractivity contribution in [3.05, 3.63) is 0 Å². The van der Waals surface area contributed by atoms with Crippen molar-refractivity contribution in [2.75, 3.05) is 13.1 Å². The van der Waals surface area contributed by atoms with E-state index >= 15 is 0 Å². The second kappa shape index (κ2) is 7.11. The van der Waals surface area contributed by atoms with Gasteiger partial charge < -0.3 is 15.7 Å². The van der Waals surface area contributed by atoms with Gasteiger partial charge in [0.2, 0.25) is 11.8 Å². The molecule has 0 spiro atoms. The van der Waals surface area contributed by atoms with E-state index in [1.54, 1.807) is 0 Å². The van der Waals surface area contributed by atoms with E-state index in [1.165, 1.54) is 0 Å². The van der Waals surface area contributed by atoms with Crippen LogP contribution in [0.5, 0.6) is 0 Å². The van der Waals surface area contributed by atoms with E-state index in [9.17, 15) is 14.4 Å². The highest BCUT2D eigenvalue weighted by molar-refractivity contribution is 5.88. The van der Waals surface area contributed by atoms with Crippen molar-refractivity contribution in [3.63, 3.8) is 0 Å². The molecule has 1 fully saturated rings. The molecule has 0 heterocycles. The topological polar surface area (TPSA) is 95.5 Å². The first kappa shape index (κ1) is 15.5. The number of hydrogen-bond acceptors (Lipinski definition) is 3. The van der Waals surface area contributed by atoms with Gasteiger partial charge in [0.15, 0.2) is 0 Å². The number of carboxylic acid groups (broad SMARTS) is 1. The van der Waals surface area contributed by atoms with Crippen LogP contribution in [-0.4, -0.2) is 36.0 Å². The van der Waals surface area contributed by atoms with Gasteiger partial charge in [0.1, 0.15) is 0 Å². The van der Waals surface area contributed by atoms with Crippen LogP contribution in [0, 0.1) is 17.8 Å². The Hall–Kier alpha value is -1.59. The number of nitrogens with one attached hydrogen (secondary N) is 2. The lowest BCUT2D eigenvalue weighted by Gasteiger charge is -2.15. The normalized spacial score (nSPS) is 22.3. The molecule has 19 heavy (non-hydrogen) atoms. The summed E-state index contributed by atoms with van der Waals surface area (Å²) in [7, 11) is 0. The fourth-order valence-corrected chi connectivity index (χ4v) is 2.25. The van der Waals surface area contributed by atoms with Crippen molar-refractivity contribution in [2.24, 2.45) is 17.8 Å². The van der Waals surface area contributed by atoms with Crippen molar-refractivity contribution in [1.82, 2.24) is 10.6 Å². The monoisotopic (exact) mass is 270 g/mol. The molecule has 0 aromatic carbocycles. The van der Waals surface area contributed by atoms with E-state index in [4.69, 9.17) is 5.11 Å². The van der Waals surface area contributed by atoms with Crippen LogP contribution in [0.25, 0.3) is 0 Å². The van der Waals surface area contributed by atoms with Crippen LogP contribution in [0.15, 0.2) is 0 Å². The molecule has 0 aromatic heterocycles. The Labute approximate surface area is 112 Å². The molecule has 0 bridgehead atoms. The Balaban J connectivity index is 2.34. The van der Waals surface area contributed by atoms with Gasteiger partial charge in [-0.15, -0.1) is 0 Å². The standard InChI is InChI=1S/C13H22N2O4/c1-8(2)6-14-11(16)7-15-12(17)9-4-3-5-10(9)13(18)19/h8-10H,3-7H2,1-2H3,(H,14,16)(H,15,17)(H,18,19)/t9-,10+/m1/s1. The molecule has 3 N–H and O–H groups in total. The van der Waals surface area contributed by atoms with Crippen LogP contribution in [0.1, 0.15) is 33.1 Å².